The van der Waals surface area contributed by atoms with Crippen molar-refractivity contribution < 1.29 is 0 Å². The molecule has 0 aromatic carbocycles. The molecule has 11 heavy (non-hydrogen) atoms. The maximum Gasteiger partial charge on any atom is 0.0488 e. The highest BCUT2D eigenvalue weighted by atomic mass is 15.2. The zero-order valence-corrected chi connectivity index (χ0v) is 7.80. The predicted molar refractivity (Wildman–Crippen MR) is 48.5 cm³/mol. The lowest BCUT2D eigenvalue weighted by Gasteiger charge is -2.26. The lowest BCUT2D eigenvalue weighted by Crippen LogP contribution is -2.32. The third-order valence-electron chi connectivity index (χ3n) is 2.48. The van der Waals surface area contributed by atoms with E-state index >= 15 is 0 Å². The Hall–Kier alpha value is -0.500. The number of hydrogen-bond acceptors (Lipinski definition) is 2. The molecule has 64 valence electrons. The molecule has 0 aliphatic carbocycles. The average molecular weight is 154 g/mol. The molecule has 0 saturated carbocycles. The van der Waals surface area contributed by atoms with E-state index in [-0.39, 0.29) is 0 Å². The first-order chi connectivity index (χ1) is 5.13. The summed E-state index contributed by atoms with van der Waals surface area (Å²) in [6.45, 7) is 5.29. The third kappa shape index (κ3) is 1.74. The van der Waals surface area contributed by atoms with Crippen LogP contribution in [-0.4, -0.2) is 43.5 Å². The van der Waals surface area contributed by atoms with Crippen LogP contribution in [0.3, 0.4) is 0 Å². The lowest BCUT2D eigenvalue weighted by atomic mass is 10.1. The van der Waals surface area contributed by atoms with Crippen LogP contribution >= 0.6 is 0 Å². The number of rotatable bonds is 2. The largest absolute Gasteiger partial charge is 0.380 e. The van der Waals surface area contributed by atoms with Crippen LogP contribution in [0.15, 0.2) is 12.3 Å². The van der Waals surface area contributed by atoms with Gasteiger partial charge in [-0.15, -0.1) is 0 Å². The van der Waals surface area contributed by atoms with Gasteiger partial charge in [0.15, 0.2) is 0 Å². The van der Waals surface area contributed by atoms with E-state index in [1.165, 1.54) is 25.1 Å². The molecule has 0 radical (unpaired) electrons. The van der Waals surface area contributed by atoms with Gasteiger partial charge in [-0.2, -0.15) is 0 Å². The Morgan fingerprint density at radius 2 is 2.18 bits per heavy atom. The maximum atomic E-state index is 4.07. The Morgan fingerprint density at radius 3 is 2.55 bits per heavy atom. The fraction of sp³-hybridized carbons (Fsp3) is 0.778. The summed E-state index contributed by atoms with van der Waals surface area (Å²) >= 11 is 0. The molecule has 0 amide bonds. The summed E-state index contributed by atoms with van der Waals surface area (Å²) in [7, 11) is 6.30. The zero-order valence-electron chi connectivity index (χ0n) is 7.80. The van der Waals surface area contributed by atoms with E-state index < -0.39 is 0 Å². The molecular formula is C9H18N2. The van der Waals surface area contributed by atoms with E-state index in [1.54, 1.807) is 0 Å². The molecule has 1 saturated heterocycles. The van der Waals surface area contributed by atoms with Crippen molar-refractivity contribution in [1.82, 2.24) is 9.80 Å². The summed E-state index contributed by atoms with van der Waals surface area (Å²) in [5.74, 6) is 0. The first-order valence-electron chi connectivity index (χ1n) is 4.19. The van der Waals surface area contributed by atoms with Crippen LogP contribution in [0.5, 0.6) is 0 Å². The second-order valence-corrected chi connectivity index (χ2v) is 3.52. The highest BCUT2D eigenvalue weighted by Gasteiger charge is 2.23. The highest BCUT2D eigenvalue weighted by Crippen LogP contribution is 2.21. The molecule has 0 bridgehead atoms. The molecule has 1 heterocycles. The van der Waals surface area contributed by atoms with Crippen molar-refractivity contribution in [2.45, 2.75) is 18.9 Å². The lowest BCUT2D eigenvalue weighted by molar-refractivity contribution is 0.299. The quantitative estimate of drug-likeness (QED) is 0.589. The molecule has 2 heteroatoms. The van der Waals surface area contributed by atoms with Crippen LogP contribution in [0.1, 0.15) is 12.8 Å². The second kappa shape index (κ2) is 3.26. The van der Waals surface area contributed by atoms with Gasteiger partial charge in [0, 0.05) is 25.8 Å². The number of hydrogen-bond donors (Lipinski definition) is 0. The van der Waals surface area contributed by atoms with E-state index in [1.807, 2.05) is 0 Å². The second-order valence-electron chi connectivity index (χ2n) is 3.52. The molecule has 0 aromatic rings. The van der Waals surface area contributed by atoms with E-state index in [4.69, 9.17) is 0 Å². The normalized spacial score (nSPS) is 25.5. The maximum absolute atomic E-state index is 4.07. The van der Waals surface area contributed by atoms with Crippen LogP contribution in [0, 0.1) is 0 Å². The van der Waals surface area contributed by atoms with Crippen molar-refractivity contribution in [3.63, 3.8) is 0 Å². The van der Waals surface area contributed by atoms with Gasteiger partial charge >= 0.3 is 0 Å². The molecule has 0 N–H and O–H groups in total. The Kier molecular flexibility index (Phi) is 2.55. The Labute approximate surface area is 69.5 Å². The minimum Gasteiger partial charge on any atom is -0.380 e. The van der Waals surface area contributed by atoms with Gasteiger partial charge in [0.25, 0.3) is 0 Å². The highest BCUT2D eigenvalue weighted by molar-refractivity contribution is 5.05. The van der Waals surface area contributed by atoms with Crippen LogP contribution in [0.2, 0.25) is 0 Å². The van der Waals surface area contributed by atoms with Gasteiger partial charge in [-0.3, -0.25) is 4.90 Å². The number of nitrogens with zero attached hydrogens (tertiary/aromatic N) is 2. The topological polar surface area (TPSA) is 6.48 Å². The Morgan fingerprint density at radius 1 is 1.55 bits per heavy atom. The molecule has 1 rings (SSSR count). The monoisotopic (exact) mass is 154 g/mol. The summed E-state index contributed by atoms with van der Waals surface area (Å²) in [5, 5.41) is 0. The summed E-state index contributed by atoms with van der Waals surface area (Å²) < 4.78 is 0. The van der Waals surface area contributed by atoms with Gasteiger partial charge in [-0.1, -0.05) is 6.58 Å². The van der Waals surface area contributed by atoms with Crippen LogP contribution in [0.25, 0.3) is 0 Å². The predicted octanol–water partition coefficient (Wildman–Crippen LogP) is 1.16. The van der Waals surface area contributed by atoms with Gasteiger partial charge < -0.3 is 4.90 Å². The number of likely N-dealkylation sites (tertiary alicyclic amines) is 1. The number of likely N-dealkylation sites (N-methyl/N-ethyl adjacent to an activating group) is 2. The van der Waals surface area contributed by atoms with Crippen molar-refractivity contribution in [2.24, 2.45) is 0 Å². The molecule has 0 aromatic heterocycles. The standard InChI is InChI=1S/C9H18N2/c1-8(10(2)3)9-6-5-7-11(9)4/h9H,1,5-7H2,2-4H3. The average Bonchev–Trinajstić information content (AvgIpc) is 2.33. The molecule has 1 aliphatic rings. The molecule has 1 fully saturated rings. The van der Waals surface area contributed by atoms with Gasteiger partial charge in [0.1, 0.15) is 0 Å². The van der Waals surface area contributed by atoms with E-state index in [2.05, 4.69) is 37.5 Å². The van der Waals surface area contributed by atoms with Crippen LogP contribution in [0.4, 0.5) is 0 Å². The zero-order chi connectivity index (χ0) is 8.43. The Bertz CT molecular complexity index is 152. The smallest absolute Gasteiger partial charge is 0.0488 e. The van der Waals surface area contributed by atoms with Gasteiger partial charge in [-0.05, 0) is 26.4 Å². The first-order valence-corrected chi connectivity index (χ1v) is 4.19. The molecule has 0 spiro atoms. The SMILES string of the molecule is C=C(C1CCCN1C)N(C)C. The third-order valence-corrected chi connectivity index (χ3v) is 2.48. The van der Waals surface area contributed by atoms with Crippen molar-refractivity contribution in [1.29, 1.82) is 0 Å². The van der Waals surface area contributed by atoms with Crippen LogP contribution in [-0.2, 0) is 0 Å². The first kappa shape index (κ1) is 8.60. The summed E-state index contributed by atoms with van der Waals surface area (Å²) in [4.78, 5) is 4.49. The Balaban J connectivity index is 2.53. The van der Waals surface area contributed by atoms with E-state index in [0.29, 0.717) is 6.04 Å². The molecule has 1 aliphatic heterocycles. The molecule has 1 unspecified atom stereocenters. The van der Waals surface area contributed by atoms with Crippen LogP contribution < -0.4 is 0 Å². The molecule has 2 nitrogen and oxygen atoms in total. The molecule has 1 atom stereocenters. The minimum atomic E-state index is 0.588. The summed E-state index contributed by atoms with van der Waals surface area (Å²) in [6, 6.07) is 0.588. The summed E-state index contributed by atoms with van der Waals surface area (Å²) in [5.41, 5.74) is 1.24. The van der Waals surface area contributed by atoms with E-state index in [0.717, 1.165) is 0 Å². The van der Waals surface area contributed by atoms with Crippen molar-refractivity contribution in [3.05, 3.63) is 12.3 Å². The van der Waals surface area contributed by atoms with Gasteiger partial charge in [0.2, 0.25) is 0 Å². The molecular weight excluding hydrogens is 136 g/mol. The summed E-state index contributed by atoms with van der Waals surface area (Å²) in [6.07, 6.45) is 2.58. The fourth-order valence-electron chi connectivity index (χ4n) is 1.63. The fourth-order valence-corrected chi connectivity index (χ4v) is 1.63. The van der Waals surface area contributed by atoms with Gasteiger partial charge in [0.05, 0.1) is 0 Å². The van der Waals surface area contributed by atoms with Gasteiger partial charge in [-0.25, -0.2) is 0 Å². The van der Waals surface area contributed by atoms with Crippen molar-refractivity contribution >= 4 is 0 Å². The van der Waals surface area contributed by atoms with E-state index in [9.17, 15) is 0 Å². The minimum absolute atomic E-state index is 0.588. The van der Waals surface area contributed by atoms with Crippen molar-refractivity contribution in [3.8, 4) is 0 Å². The van der Waals surface area contributed by atoms with Crippen molar-refractivity contribution in [2.75, 3.05) is 27.7 Å².